The molecule has 0 aromatic carbocycles. The molecule has 0 unspecified atom stereocenters. The van der Waals surface area contributed by atoms with Gasteiger partial charge in [0.25, 0.3) is 0 Å². The number of carbonyl (C=O) groups excluding carboxylic acids is 1. The summed E-state index contributed by atoms with van der Waals surface area (Å²) >= 11 is 0. The lowest BCUT2D eigenvalue weighted by Gasteiger charge is -2.14. The number of nitrogens with two attached hydrogens (primary N) is 2. The van der Waals surface area contributed by atoms with Crippen LogP contribution in [0.15, 0.2) is 28.5 Å². The predicted molar refractivity (Wildman–Crippen MR) is 109 cm³/mol. The van der Waals surface area contributed by atoms with Crippen molar-refractivity contribution in [2.45, 2.75) is 13.8 Å². The molecule has 1 aromatic heterocycles. The van der Waals surface area contributed by atoms with Gasteiger partial charge in [0.05, 0.1) is 31.3 Å². The first-order chi connectivity index (χ1) is 13.8. The number of rotatable bonds is 13. The maximum atomic E-state index is 11.6. The minimum atomic E-state index is -1.17. The van der Waals surface area contributed by atoms with Gasteiger partial charge in [0.15, 0.2) is 14.2 Å². The molecule has 0 spiro atoms. The fourth-order valence-corrected chi connectivity index (χ4v) is 2.96. The Hall–Kier alpha value is -2.66. The second-order valence-electron chi connectivity index (χ2n) is 5.27. The summed E-state index contributed by atoms with van der Waals surface area (Å²) in [5.41, 5.74) is 12.4. The molecule has 160 valence electrons. The van der Waals surface area contributed by atoms with Gasteiger partial charge in [-0.2, -0.15) is 0 Å². The molecule has 0 saturated carbocycles. The molecule has 1 aromatic rings. The largest absolute Gasteiger partial charge is 0.480 e. The summed E-state index contributed by atoms with van der Waals surface area (Å²) < 4.78 is 15.6. The molecule has 0 fully saturated rings. The standard InChI is InChI=1S/C16H25N6O6P/c1-3-27-29(28-4-2)10-13(17)21-22-16(18)12-6-5-11(7-19-12)20-14(23)8-26-9-15(24)25/h5-7H,3-4,8-10H2,1-2H3,(H2,17,21)(H2,18,22)(H,20,23)(H,24,25). The van der Waals surface area contributed by atoms with Crippen molar-refractivity contribution >= 4 is 37.6 Å². The van der Waals surface area contributed by atoms with Crippen LogP contribution in [0.4, 0.5) is 5.69 Å². The van der Waals surface area contributed by atoms with Crippen molar-refractivity contribution in [3.05, 3.63) is 24.0 Å². The molecule has 13 heteroatoms. The molecular weight excluding hydrogens is 403 g/mol. The van der Waals surface area contributed by atoms with E-state index in [1.165, 1.54) is 12.3 Å². The van der Waals surface area contributed by atoms with Crippen LogP contribution < -0.4 is 16.8 Å². The smallest absolute Gasteiger partial charge is 0.329 e. The maximum absolute atomic E-state index is 11.6. The fraction of sp³-hybridized carbons (Fsp3) is 0.438. The summed E-state index contributed by atoms with van der Waals surface area (Å²) in [6, 6.07) is 3.09. The minimum absolute atomic E-state index is 0.0350. The van der Waals surface area contributed by atoms with Gasteiger partial charge in [-0.25, -0.2) is 4.79 Å². The van der Waals surface area contributed by atoms with Crippen LogP contribution in [0.1, 0.15) is 19.5 Å². The van der Waals surface area contributed by atoms with E-state index in [0.717, 1.165) is 0 Å². The van der Waals surface area contributed by atoms with E-state index in [2.05, 4.69) is 25.2 Å². The van der Waals surface area contributed by atoms with Crippen LogP contribution in [0.3, 0.4) is 0 Å². The zero-order valence-electron chi connectivity index (χ0n) is 16.2. The topological polar surface area (TPSA) is 184 Å². The third kappa shape index (κ3) is 10.5. The quantitative estimate of drug-likeness (QED) is 0.150. The highest BCUT2D eigenvalue weighted by atomic mass is 31.2. The highest BCUT2D eigenvalue weighted by Crippen LogP contribution is 2.37. The van der Waals surface area contributed by atoms with Crippen molar-refractivity contribution in [3.8, 4) is 0 Å². The number of carboxylic acid groups (broad SMARTS) is 1. The van der Waals surface area contributed by atoms with Gasteiger partial charge in [0.1, 0.15) is 24.7 Å². The molecule has 0 bridgehead atoms. The van der Waals surface area contributed by atoms with Crippen LogP contribution >= 0.6 is 8.38 Å². The molecule has 1 rings (SSSR count). The zero-order valence-corrected chi connectivity index (χ0v) is 17.1. The number of amidine groups is 2. The summed E-state index contributed by atoms with van der Waals surface area (Å²) in [6.07, 6.45) is 1.67. The van der Waals surface area contributed by atoms with Gasteiger partial charge in [-0.1, -0.05) is 0 Å². The number of anilines is 1. The molecule has 12 nitrogen and oxygen atoms in total. The Kier molecular flexibility index (Phi) is 11.4. The molecule has 1 heterocycles. The first-order valence-corrected chi connectivity index (χ1v) is 9.96. The van der Waals surface area contributed by atoms with Crippen LogP contribution in [-0.2, 0) is 23.4 Å². The summed E-state index contributed by atoms with van der Waals surface area (Å²) in [4.78, 5) is 26.0. The molecule has 29 heavy (non-hydrogen) atoms. The Balaban J connectivity index is 2.62. The van der Waals surface area contributed by atoms with Crippen molar-refractivity contribution in [2.75, 3.05) is 37.9 Å². The molecule has 0 aliphatic heterocycles. The SMILES string of the molecule is CCOP(C/C(N)=N/N=C(\N)c1ccc(NC(=O)COCC(=O)O)cn1)OCC. The maximum Gasteiger partial charge on any atom is 0.329 e. The van der Waals surface area contributed by atoms with Gasteiger partial charge >= 0.3 is 5.97 Å². The summed E-state index contributed by atoms with van der Waals surface area (Å²) in [6.45, 7) is 3.78. The number of aromatic nitrogens is 1. The normalized spacial score (nSPS) is 12.2. The van der Waals surface area contributed by atoms with Crippen molar-refractivity contribution < 1.29 is 28.5 Å². The second kappa shape index (κ2) is 13.5. The van der Waals surface area contributed by atoms with Crippen molar-refractivity contribution in [1.82, 2.24) is 4.98 Å². The Morgan fingerprint density at radius 1 is 1.17 bits per heavy atom. The van der Waals surface area contributed by atoms with Crippen molar-refractivity contribution in [1.29, 1.82) is 0 Å². The van der Waals surface area contributed by atoms with Gasteiger partial charge in [-0.15, -0.1) is 10.2 Å². The van der Waals surface area contributed by atoms with Crippen LogP contribution in [-0.4, -0.2) is 66.2 Å². The number of carbonyl (C=O) groups is 2. The Morgan fingerprint density at radius 2 is 1.86 bits per heavy atom. The summed E-state index contributed by atoms with van der Waals surface area (Å²) in [5, 5.41) is 18.7. The first-order valence-electron chi connectivity index (χ1n) is 8.60. The van der Waals surface area contributed by atoms with Crippen LogP contribution in [0.2, 0.25) is 0 Å². The second-order valence-corrected chi connectivity index (χ2v) is 6.77. The third-order valence-corrected chi connectivity index (χ3v) is 4.57. The average molecular weight is 428 g/mol. The molecule has 1 amide bonds. The molecular formula is C16H25N6O6P. The number of ether oxygens (including phenoxy) is 1. The lowest BCUT2D eigenvalue weighted by atomic mass is 10.3. The highest BCUT2D eigenvalue weighted by Gasteiger charge is 2.11. The van der Waals surface area contributed by atoms with Gasteiger partial charge in [0, 0.05) is 0 Å². The number of carboxylic acids is 1. The highest BCUT2D eigenvalue weighted by molar-refractivity contribution is 7.48. The monoisotopic (exact) mass is 428 g/mol. The number of hydrogen-bond donors (Lipinski definition) is 4. The van der Waals surface area contributed by atoms with E-state index in [0.29, 0.717) is 30.8 Å². The van der Waals surface area contributed by atoms with E-state index in [1.807, 2.05) is 13.8 Å². The van der Waals surface area contributed by atoms with Crippen molar-refractivity contribution in [2.24, 2.45) is 21.7 Å². The number of nitrogens with one attached hydrogen (secondary N) is 1. The van der Waals surface area contributed by atoms with Gasteiger partial charge in [0.2, 0.25) is 5.91 Å². The minimum Gasteiger partial charge on any atom is -0.480 e. The molecule has 0 aliphatic rings. The number of pyridine rings is 1. The molecule has 6 N–H and O–H groups in total. The van der Waals surface area contributed by atoms with Crippen LogP contribution in [0.5, 0.6) is 0 Å². The third-order valence-electron chi connectivity index (χ3n) is 2.89. The Labute approximate surface area is 169 Å². The van der Waals surface area contributed by atoms with E-state index in [9.17, 15) is 9.59 Å². The fourth-order valence-electron chi connectivity index (χ4n) is 1.80. The summed E-state index contributed by atoms with van der Waals surface area (Å²) in [7, 11) is -1.17. The predicted octanol–water partition coefficient (Wildman–Crippen LogP) is 0.484. The van der Waals surface area contributed by atoms with Gasteiger partial charge in [-0.05, 0) is 26.0 Å². The molecule has 0 aliphatic carbocycles. The average Bonchev–Trinajstić information content (AvgIpc) is 2.67. The number of nitrogens with zero attached hydrogens (tertiary/aromatic N) is 3. The van der Waals surface area contributed by atoms with E-state index in [-0.39, 0.29) is 11.7 Å². The van der Waals surface area contributed by atoms with Gasteiger partial charge in [-0.3, -0.25) is 9.78 Å². The first kappa shape index (κ1) is 24.4. The number of aliphatic carboxylic acids is 1. The zero-order chi connectivity index (χ0) is 21.6. The van der Waals surface area contributed by atoms with E-state index in [4.69, 9.17) is 25.6 Å². The lowest BCUT2D eigenvalue weighted by Crippen LogP contribution is -2.21. The number of hydrogen-bond acceptors (Lipinski definition) is 8. The Morgan fingerprint density at radius 3 is 2.41 bits per heavy atom. The van der Waals surface area contributed by atoms with E-state index >= 15 is 0 Å². The van der Waals surface area contributed by atoms with Crippen molar-refractivity contribution in [3.63, 3.8) is 0 Å². The van der Waals surface area contributed by atoms with E-state index < -0.39 is 33.5 Å². The van der Waals surface area contributed by atoms with Crippen LogP contribution in [0.25, 0.3) is 0 Å². The summed E-state index contributed by atoms with van der Waals surface area (Å²) in [5.74, 6) is -1.42. The molecule has 0 radical (unpaired) electrons. The van der Waals surface area contributed by atoms with Crippen LogP contribution in [0, 0.1) is 0 Å². The Bertz CT molecular complexity index is 721. The van der Waals surface area contributed by atoms with Gasteiger partial charge < -0.3 is 35.7 Å². The number of amides is 1. The van der Waals surface area contributed by atoms with E-state index in [1.54, 1.807) is 6.07 Å². The molecule has 0 atom stereocenters. The molecule has 0 saturated heterocycles. The lowest BCUT2D eigenvalue weighted by molar-refractivity contribution is -0.143.